The number of hydrogen-bond acceptors (Lipinski definition) is 3. The van der Waals surface area contributed by atoms with Crippen LogP contribution in [0.5, 0.6) is 0 Å². The zero-order valence-corrected chi connectivity index (χ0v) is 9.38. The van der Waals surface area contributed by atoms with Crippen molar-refractivity contribution in [2.75, 3.05) is 32.7 Å². The van der Waals surface area contributed by atoms with Gasteiger partial charge in [-0.15, -0.1) is 0 Å². The van der Waals surface area contributed by atoms with Crippen LogP contribution in [0.25, 0.3) is 0 Å². The zero-order chi connectivity index (χ0) is 10.4. The van der Waals surface area contributed by atoms with Crippen molar-refractivity contribution in [1.82, 2.24) is 10.2 Å². The first-order chi connectivity index (χ1) is 6.76. The van der Waals surface area contributed by atoms with Gasteiger partial charge in [-0.3, -0.25) is 4.79 Å². The van der Waals surface area contributed by atoms with Crippen LogP contribution in [0.2, 0.25) is 0 Å². The van der Waals surface area contributed by atoms with Crippen molar-refractivity contribution in [1.29, 1.82) is 0 Å². The molecule has 1 aliphatic rings. The van der Waals surface area contributed by atoms with Gasteiger partial charge in [0.15, 0.2) is 0 Å². The van der Waals surface area contributed by atoms with Crippen LogP contribution in [0.15, 0.2) is 0 Å². The molecule has 3 nitrogen and oxygen atoms in total. The van der Waals surface area contributed by atoms with E-state index in [1.54, 1.807) is 0 Å². The fourth-order valence-corrected chi connectivity index (χ4v) is 1.97. The van der Waals surface area contributed by atoms with Gasteiger partial charge in [0.25, 0.3) is 0 Å². The summed E-state index contributed by atoms with van der Waals surface area (Å²) in [4.78, 5) is 13.6. The van der Waals surface area contributed by atoms with Crippen LogP contribution in [-0.2, 0) is 4.79 Å². The minimum atomic E-state index is 0.368. The van der Waals surface area contributed by atoms with Crippen LogP contribution in [0.1, 0.15) is 26.7 Å². The molecule has 0 radical (unpaired) electrons. The molecule has 14 heavy (non-hydrogen) atoms. The van der Waals surface area contributed by atoms with E-state index in [4.69, 9.17) is 0 Å². The molecule has 1 saturated heterocycles. The van der Waals surface area contributed by atoms with E-state index in [1.165, 1.54) is 0 Å². The molecule has 0 amide bonds. The number of rotatable bonds is 4. The second-order valence-corrected chi connectivity index (χ2v) is 4.06. The highest BCUT2D eigenvalue weighted by Crippen LogP contribution is 2.11. The Morgan fingerprint density at radius 2 is 2.14 bits per heavy atom. The maximum absolute atomic E-state index is 11.2. The second-order valence-electron chi connectivity index (χ2n) is 4.06. The Morgan fingerprint density at radius 1 is 1.43 bits per heavy atom. The fourth-order valence-electron chi connectivity index (χ4n) is 1.97. The maximum Gasteiger partial charge on any atom is 0.146 e. The SMILES string of the molecule is CCN(CC)CC1CCC(=O)CNC1. The quantitative estimate of drug-likeness (QED) is 0.728. The van der Waals surface area contributed by atoms with Crippen LogP contribution >= 0.6 is 0 Å². The van der Waals surface area contributed by atoms with Gasteiger partial charge in [-0.05, 0) is 32.0 Å². The highest BCUT2D eigenvalue weighted by atomic mass is 16.1. The van der Waals surface area contributed by atoms with Crippen LogP contribution in [0, 0.1) is 5.92 Å². The van der Waals surface area contributed by atoms with E-state index in [0.717, 1.165) is 39.0 Å². The Labute approximate surface area is 86.9 Å². The summed E-state index contributed by atoms with van der Waals surface area (Å²) in [5, 5.41) is 3.22. The average Bonchev–Trinajstić information content (AvgIpc) is 2.40. The van der Waals surface area contributed by atoms with Crippen molar-refractivity contribution in [2.45, 2.75) is 26.7 Å². The number of ketones is 1. The molecule has 1 rings (SSSR count). The number of carbonyl (C=O) groups is 1. The zero-order valence-electron chi connectivity index (χ0n) is 9.38. The first kappa shape index (κ1) is 11.7. The number of nitrogens with zero attached hydrogens (tertiary/aromatic N) is 1. The molecule has 0 saturated carbocycles. The van der Waals surface area contributed by atoms with E-state index >= 15 is 0 Å². The number of carbonyl (C=O) groups excluding carboxylic acids is 1. The van der Waals surface area contributed by atoms with Crippen molar-refractivity contribution in [3.8, 4) is 0 Å². The van der Waals surface area contributed by atoms with Gasteiger partial charge in [0.2, 0.25) is 0 Å². The summed E-state index contributed by atoms with van der Waals surface area (Å²) < 4.78 is 0. The van der Waals surface area contributed by atoms with E-state index in [9.17, 15) is 4.79 Å². The lowest BCUT2D eigenvalue weighted by Gasteiger charge is -2.23. The number of nitrogens with one attached hydrogen (secondary N) is 1. The molecule has 1 N–H and O–H groups in total. The maximum atomic E-state index is 11.2. The van der Waals surface area contributed by atoms with E-state index in [0.29, 0.717) is 18.2 Å². The Morgan fingerprint density at radius 3 is 2.79 bits per heavy atom. The lowest BCUT2D eigenvalue weighted by atomic mass is 10.0. The first-order valence-electron chi connectivity index (χ1n) is 5.71. The molecule has 0 aromatic rings. The van der Waals surface area contributed by atoms with Gasteiger partial charge in [-0.1, -0.05) is 13.8 Å². The lowest BCUT2D eigenvalue weighted by Crippen LogP contribution is -2.33. The molecular formula is C11H22N2O. The summed E-state index contributed by atoms with van der Waals surface area (Å²) in [6, 6.07) is 0. The van der Waals surface area contributed by atoms with Crippen molar-refractivity contribution in [2.24, 2.45) is 5.92 Å². The molecule has 0 aromatic heterocycles. The normalized spacial score (nSPS) is 23.9. The number of Topliss-reactive ketones (excluding diaryl/α,β-unsaturated/α-hetero) is 1. The highest BCUT2D eigenvalue weighted by Gasteiger charge is 2.17. The van der Waals surface area contributed by atoms with Crippen LogP contribution < -0.4 is 5.32 Å². The van der Waals surface area contributed by atoms with Gasteiger partial charge < -0.3 is 10.2 Å². The summed E-state index contributed by atoms with van der Waals surface area (Å²) in [6.07, 6.45) is 1.82. The summed E-state index contributed by atoms with van der Waals surface area (Å²) >= 11 is 0. The molecule has 1 atom stereocenters. The largest absolute Gasteiger partial charge is 0.310 e. The third-order valence-electron chi connectivity index (χ3n) is 3.00. The predicted molar refractivity (Wildman–Crippen MR) is 58.4 cm³/mol. The average molecular weight is 198 g/mol. The van der Waals surface area contributed by atoms with Gasteiger partial charge in [0, 0.05) is 13.0 Å². The molecule has 1 unspecified atom stereocenters. The van der Waals surface area contributed by atoms with Crippen LogP contribution in [0.3, 0.4) is 0 Å². The van der Waals surface area contributed by atoms with Crippen LogP contribution in [0.4, 0.5) is 0 Å². The van der Waals surface area contributed by atoms with Gasteiger partial charge in [-0.2, -0.15) is 0 Å². The minimum Gasteiger partial charge on any atom is -0.310 e. The van der Waals surface area contributed by atoms with Crippen molar-refractivity contribution >= 4 is 5.78 Å². The van der Waals surface area contributed by atoms with E-state index in [-0.39, 0.29) is 0 Å². The van der Waals surface area contributed by atoms with E-state index < -0.39 is 0 Å². The summed E-state index contributed by atoms with van der Waals surface area (Å²) in [7, 11) is 0. The van der Waals surface area contributed by atoms with Gasteiger partial charge >= 0.3 is 0 Å². The monoisotopic (exact) mass is 198 g/mol. The molecule has 0 bridgehead atoms. The molecule has 0 aromatic carbocycles. The Hall–Kier alpha value is -0.410. The molecule has 1 heterocycles. The smallest absolute Gasteiger partial charge is 0.146 e. The molecule has 0 aliphatic carbocycles. The van der Waals surface area contributed by atoms with Gasteiger partial charge in [-0.25, -0.2) is 0 Å². The minimum absolute atomic E-state index is 0.368. The topological polar surface area (TPSA) is 32.3 Å². The Balaban J connectivity index is 2.32. The van der Waals surface area contributed by atoms with Crippen molar-refractivity contribution < 1.29 is 4.79 Å². The first-order valence-corrected chi connectivity index (χ1v) is 5.71. The summed E-state index contributed by atoms with van der Waals surface area (Å²) in [5.41, 5.74) is 0. The van der Waals surface area contributed by atoms with Gasteiger partial charge in [0.1, 0.15) is 5.78 Å². The molecule has 1 aliphatic heterocycles. The molecular weight excluding hydrogens is 176 g/mol. The number of hydrogen-bond donors (Lipinski definition) is 1. The standard InChI is InChI=1S/C11H22N2O/c1-3-13(4-2)9-10-5-6-11(14)8-12-7-10/h10,12H,3-9H2,1-2H3. The molecule has 1 fully saturated rings. The van der Waals surface area contributed by atoms with Gasteiger partial charge in [0.05, 0.1) is 6.54 Å². The summed E-state index contributed by atoms with van der Waals surface area (Å²) in [5.74, 6) is 1.02. The third-order valence-corrected chi connectivity index (χ3v) is 3.00. The van der Waals surface area contributed by atoms with E-state index in [1.807, 2.05) is 0 Å². The Bertz CT molecular complexity index is 178. The molecule has 3 heteroatoms. The lowest BCUT2D eigenvalue weighted by molar-refractivity contribution is -0.118. The van der Waals surface area contributed by atoms with Crippen LogP contribution in [-0.4, -0.2) is 43.4 Å². The summed E-state index contributed by atoms with van der Waals surface area (Å²) in [6.45, 7) is 9.32. The van der Waals surface area contributed by atoms with Crippen molar-refractivity contribution in [3.05, 3.63) is 0 Å². The molecule has 0 spiro atoms. The fraction of sp³-hybridized carbons (Fsp3) is 0.909. The highest BCUT2D eigenvalue weighted by molar-refractivity contribution is 5.80. The Kier molecular flexibility index (Phi) is 5.12. The van der Waals surface area contributed by atoms with E-state index in [2.05, 4.69) is 24.1 Å². The van der Waals surface area contributed by atoms with Crippen molar-refractivity contribution in [3.63, 3.8) is 0 Å². The third kappa shape index (κ3) is 3.76. The second kappa shape index (κ2) is 6.14. The molecule has 82 valence electrons. The predicted octanol–water partition coefficient (Wildman–Crippen LogP) is 0.897.